The molecule has 3 N–H and O–H groups in total. The Hall–Kier alpha value is -1.35. The van der Waals surface area contributed by atoms with E-state index in [1.165, 1.54) is 5.56 Å². The Kier molecular flexibility index (Phi) is 4.02. The van der Waals surface area contributed by atoms with Gasteiger partial charge in [0.15, 0.2) is 0 Å². The lowest BCUT2D eigenvalue weighted by atomic mass is 9.95. The van der Waals surface area contributed by atoms with E-state index in [4.69, 9.17) is 17.4 Å². The molecule has 0 saturated carbocycles. The van der Waals surface area contributed by atoms with Crippen LogP contribution in [0.3, 0.4) is 0 Å². The van der Waals surface area contributed by atoms with Gasteiger partial charge in [-0.3, -0.25) is 5.84 Å². The summed E-state index contributed by atoms with van der Waals surface area (Å²) in [5.74, 6) is 5.70. The summed E-state index contributed by atoms with van der Waals surface area (Å²) in [6, 6.07) is 14.2. The van der Waals surface area contributed by atoms with Crippen molar-refractivity contribution in [3.8, 4) is 0 Å². The van der Waals surface area contributed by atoms with Crippen LogP contribution in [0.4, 0.5) is 0 Å². The molecule has 94 valence electrons. The van der Waals surface area contributed by atoms with Crippen molar-refractivity contribution >= 4 is 11.6 Å². The van der Waals surface area contributed by atoms with Crippen LogP contribution < -0.4 is 11.3 Å². The van der Waals surface area contributed by atoms with Crippen molar-refractivity contribution < 1.29 is 0 Å². The minimum absolute atomic E-state index is 0.0112. The van der Waals surface area contributed by atoms with Gasteiger partial charge in [-0.2, -0.15) is 0 Å². The first kappa shape index (κ1) is 13.1. The lowest BCUT2D eigenvalue weighted by Crippen LogP contribution is -2.29. The first-order valence-corrected chi connectivity index (χ1v) is 6.28. The van der Waals surface area contributed by atoms with Gasteiger partial charge in [0.25, 0.3) is 0 Å². The van der Waals surface area contributed by atoms with E-state index in [1.54, 1.807) is 0 Å². The SMILES string of the molecule is Cc1ccc(C(NN)c2ccc(Cl)cc2C)cc1. The molecule has 0 aliphatic carbocycles. The smallest absolute Gasteiger partial charge is 0.0712 e. The second kappa shape index (κ2) is 5.53. The van der Waals surface area contributed by atoms with Crippen molar-refractivity contribution in [2.24, 2.45) is 5.84 Å². The summed E-state index contributed by atoms with van der Waals surface area (Å²) in [6.07, 6.45) is 0. The van der Waals surface area contributed by atoms with Crippen LogP contribution in [0.25, 0.3) is 0 Å². The molecule has 3 heteroatoms. The molecule has 0 radical (unpaired) electrons. The van der Waals surface area contributed by atoms with Crippen molar-refractivity contribution in [1.29, 1.82) is 0 Å². The number of rotatable bonds is 3. The van der Waals surface area contributed by atoms with Gasteiger partial charge in [-0.25, -0.2) is 5.43 Å². The summed E-state index contributed by atoms with van der Waals surface area (Å²) in [6.45, 7) is 4.11. The summed E-state index contributed by atoms with van der Waals surface area (Å²) in [7, 11) is 0. The third-order valence-corrected chi connectivity index (χ3v) is 3.36. The minimum Gasteiger partial charge on any atom is -0.271 e. The van der Waals surface area contributed by atoms with Crippen molar-refractivity contribution in [1.82, 2.24) is 5.43 Å². The third-order valence-electron chi connectivity index (χ3n) is 3.12. The molecule has 1 unspecified atom stereocenters. The van der Waals surface area contributed by atoms with E-state index in [9.17, 15) is 0 Å². The highest BCUT2D eigenvalue weighted by Crippen LogP contribution is 2.26. The van der Waals surface area contributed by atoms with E-state index in [0.29, 0.717) is 0 Å². The summed E-state index contributed by atoms with van der Waals surface area (Å²) in [5, 5.41) is 0.746. The molecule has 0 amide bonds. The molecule has 2 nitrogen and oxygen atoms in total. The molecule has 0 aliphatic heterocycles. The number of hydrogen-bond acceptors (Lipinski definition) is 2. The second-order valence-electron chi connectivity index (χ2n) is 4.51. The van der Waals surface area contributed by atoms with Gasteiger partial charge in [-0.05, 0) is 42.7 Å². The number of benzene rings is 2. The summed E-state index contributed by atoms with van der Waals surface area (Å²) in [4.78, 5) is 0. The molecule has 0 spiro atoms. The summed E-state index contributed by atoms with van der Waals surface area (Å²) < 4.78 is 0. The normalized spacial score (nSPS) is 12.4. The molecular weight excluding hydrogens is 244 g/mol. The summed E-state index contributed by atoms with van der Waals surface area (Å²) >= 11 is 5.98. The third kappa shape index (κ3) is 2.72. The largest absolute Gasteiger partial charge is 0.271 e. The van der Waals surface area contributed by atoms with Gasteiger partial charge < -0.3 is 0 Å². The number of nitrogens with two attached hydrogens (primary N) is 1. The van der Waals surface area contributed by atoms with E-state index in [1.807, 2.05) is 25.1 Å². The summed E-state index contributed by atoms with van der Waals surface area (Å²) in [5.41, 5.74) is 7.53. The number of aryl methyl sites for hydroxylation is 2. The van der Waals surface area contributed by atoms with Crippen LogP contribution in [-0.2, 0) is 0 Å². The van der Waals surface area contributed by atoms with Gasteiger partial charge in [0.05, 0.1) is 6.04 Å². The lowest BCUT2D eigenvalue weighted by molar-refractivity contribution is 0.633. The Bertz CT molecular complexity index is 535. The zero-order chi connectivity index (χ0) is 13.1. The monoisotopic (exact) mass is 260 g/mol. The standard InChI is InChI=1S/C15H17ClN2/c1-10-3-5-12(6-4-10)15(18-17)14-8-7-13(16)9-11(14)2/h3-9,15,18H,17H2,1-2H3. The van der Waals surface area contributed by atoms with Gasteiger partial charge in [0, 0.05) is 5.02 Å². The molecule has 0 heterocycles. The topological polar surface area (TPSA) is 38.0 Å². The fraction of sp³-hybridized carbons (Fsp3) is 0.200. The predicted molar refractivity (Wildman–Crippen MR) is 76.5 cm³/mol. The van der Waals surface area contributed by atoms with Crippen molar-refractivity contribution in [2.75, 3.05) is 0 Å². The lowest BCUT2D eigenvalue weighted by Gasteiger charge is -2.19. The highest BCUT2D eigenvalue weighted by atomic mass is 35.5. The first-order valence-electron chi connectivity index (χ1n) is 5.90. The van der Waals surface area contributed by atoms with E-state index in [2.05, 4.69) is 36.6 Å². The fourth-order valence-electron chi connectivity index (χ4n) is 2.09. The highest BCUT2D eigenvalue weighted by Gasteiger charge is 2.14. The minimum atomic E-state index is -0.0112. The van der Waals surface area contributed by atoms with Gasteiger partial charge in [-0.1, -0.05) is 47.5 Å². The van der Waals surface area contributed by atoms with Crippen LogP contribution in [-0.4, -0.2) is 0 Å². The molecule has 1 atom stereocenters. The van der Waals surface area contributed by atoms with E-state index in [-0.39, 0.29) is 6.04 Å². The zero-order valence-corrected chi connectivity index (χ0v) is 11.3. The molecule has 0 bridgehead atoms. The molecule has 0 fully saturated rings. The van der Waals surface area contributed by atoms with Gasteiger partial charge in [0.2, 0.25) is 0 Å². The second-order valence-corrected chi connectivity index (χ2v) is 4.95. The number of nitrogens with one attached hydrogen (secondary N) is 1. The van der Waals surface area contributed by atoms with Crippen LogP contribution in [0, 0.1) is 13.8 Å². The molecule has 18 heavy (non-hydrogen) atoms. The Morgan fingerprint density at radius 2 is 1.72 bits per heavy atom. The Morgan fingerprint density at radius 3 is 2.28 bits per heavy atom. The Morgan fingerprint density at radius 1 is 1.06 bits per heavy atom. The van der Waals surface area contributed by atoms with Crippen LogP contribution >= 0.6 is 11.6 Å². The fourth-order valence-corrected chi connectivity index (χ4v) is 2.31. The average molecular weight is 261 g/mol. The van der Waals surface area contributed by atoms with E-state index >= 15 is 0 Å². The number of hydrazine groups is 1. The van der Waals surface area contributed by atoms with Crippen LogP contribution in [0.15, 0.2) is 42.5 Å². The maximum absolute atomic E-state index is 5.98. The van der Waals surface area contributed by atoms with Gasteiger partial charge >= 0.3 is 0 Å². The molecule has 0 aliphatic rings. The molecule has 2 rings (SSSR count). The molecular formula is C15H17ClN2. The highest BCUT2D eigenvalue weighted by molar-refractivity contribution is 6.30. The quantitative estimate of drug-likeness (QED) is 0.655. The van der Waals surface area contributed by atoms with Crippen molar-refractivity contribution in [3.05, 3.63) is 69.7 Å². The maximum atomic E-state index is 5.98. The van der Waals surface area contributed by atoms with Gasteiger partial charge in [0.1, 0.15) is 0 Å². The first-order chi connectivity index (χ1) is 8.61. The van der Waals surface area contributed by atoms with Crippen LogP contribution in [0.5, 0.6) is 0 Å². The number of halogens is 1. The Balaban J connectivity index is 2.41. The average Bonchev–Trinajstić information content (AvgIpc) is 2.35. The van der Waals surface area contributed by atoms with Crippen LogP contribution in [0.1, 0.15) is 28.3 Å². The molecule has 2 aromatic rings. The van der Waals surface area contributed by atoms with Crippen LogP contribution in [0.2, 0.25) is 5.02 Å². The van der Waals surface area contributed by atoms with E-state index < -0.39 is 0 Å². The zero-order valence-electron chi connectivity index (χ0n) is 10.6. The van der Waals surface area contributed by atoms with E-state index in [0.717, 1.165) is 21.7 Å². The predicted octanol–water partition coefficient (Wildman–Crippen LogP) is 3.51. The maximum Gasteiger partial charge on any atom is 0.0712 e. The van der Waals surface area contributed by atoms with Crippen molar-refractivity contribution in [3.63, 3.8) is 0 Å². The number of hydrogen-bond donors (Lipinski definition) is 2. The molecule has 0 saturated heterocycles. The molecule has 0 aromatic heterocycles. The molecule has 2 aromatic carbocycles. The Labute approximate surface area is 113 Å². The van der Waals surface area contributed by atoms with Gasteiger partial charge in [-0.15, -0.1) is 0 Å². The van der Waals surface area contributed by atoms with Crippen molar-refractivity contribution in [2.45, 2.75) is 19.9 Å².